The normalized spacial score (nSPS) is 10.0. The first kappa shape index (κ1) is 15.9. The van der Waals surface area contributed by atoms with Gasteiger partial charge < -0.3 is 10.4 Å². The first-order valence-electron chi connectivity index (χ1n) is 6.75. The third-order valence-electron chi connectivity index (χ3n) is 3.01. The van der Waals surface area contributed by atoms with Crippen LogP contribution in [0.5, 0.6) is 5.75 Å². The lowest BCUT2D eigenvalue weighted by Gasteiger charge is -2.08. The van der Waals surface area contributed by atoms with Crippen molar-refractivity contribution in [3.63, 3.8) is 0 Å². The van der Waals surface area contributed by atoms with Gasteiger partial charge in [0.25, 0.3) is 0 Å². The van der Waals surface area contributed by atoms with Crippen LogP contribution in [0.25, 0.3) is 0 Å². The highest BCUT2D eigenvalue weighted by Gasteiger charge is 2.07. The van der Waals surface area contributed by atoms with Crippen molar-refractivity contribution in [1.29, 1.82) is 5.26 Å². The molecule has 0 atom stereocenters. The summed E-state index contributed by atoms with van der Waals surface area (Å²) < 4.78 is 0. The second-order valence-corrected chi connectivity index (χ2v) is 5.86. The molecule has 5 heteroatoms. The second kappa shape index (κ2) is 7.53. The summed E-state index contributed by atoms with van der Waals surface area (Å²) in [6, 6.07) is 14.5. The third-order valence-corrected chi connectivity index (χ3v) is 4.01. The van der Waals surface area contributed by atoms with Crippen LogP contribution in [-0.2, 0) is 10.5 Å². The average Bonchev–Trinajstić information content (AvgIpc) is 2.51. The molecule has 0 heterocycles. The summed E-state index contributed by atoms with van der Waals surface area (Å²) in [4.78, 5) is 11.9. The Morgan fingerprint density at radius 1 is 1.27 bits per heavy atom. The average molecular weight is 312 g/mol. The molecule has 112 valence electrons. The van der Waals surface area contributed by atoms with Crippen LogP contribution in [0.15, 0.2) is 42.5 Å². The quantitative estimate of drug-likeness (QED) is 0.829. The topological polar surface area (TPSA) is 73.1 Å². The molecule has 0 aliphatic heterocycles. The summed E-state index contributed by atoms with van der Waals surface area (Å²) in [6.07, 6.45) is 0. The number of hydrogen-bond donors (Lipinski definition) is 2. The van der Waals surface area contributed by atoms with Gasteiger partial charge in [-0.2, -0.15) is 5.26 Å². The van der Waals surface area contributed by atoms with Crippen LogP contribution in [0.3, 0.4) is 0 Å². The van der Waals surface area contributed by atoms with E-state index >= 15 is 0 Å². The van der Waals surface area contributed by atoms with Gasteiger partial charge in [-0.15, -0.1) is 11.8 Å². The van der Waals surface area contributed by atoms with Crippen LogP contribution in [0.1, 0.15) is 16.7 Å². The molecule has 0 spiro atoms. The number of nitrogens with one attached hydrogen (secondary N) is 1. The molecule has 0 aliphatic carbocycles. The second-order valence-electron chi connectivity index (χ2n) is 4.87. The minimum atomic E-state index is -0.153. The number of rotatable bonds is 5. The number of amides is 1. The van der Waals surface area contributed by atoms with Crippen molar-refractivity contribution in [2.45, 2.75) is 12.7 Å². The van der Waals surface area contributed by atoms with Crippen molar-refractivity contribution >= 4 is 23.4 Å². The minimum absolute atomic E-state index is 0.0658. The maximum atomic E-state index is 11.9. The maximum absolute atomic E-state index is 11.9. The lowest BCUT2D eigenvalue weighted by molar-refractivity contribution is -0.113. The number of carbonyl (C=O) groups is 1. The Kier molecular flexibility index (Phi) is 5.45. The third kappa shape index (κ3) is 4.54. The molecular formula is C17H16N2O2S. The first-order valence-corrected chi connectivity index (χ1v) is 7.90. The van der Waals surface area contributed by atoms with Crippen LogP contribution in [0.2, 0.25) is 0 Å². The van der Waals surface area contributed by atoms with Gasteiger partial charge >= 0.3 is 0 Å². The summed E-state index contributed by atoms with van der Waals surface area (Å²) in [5.74, 6) is 0.905. The zero-order valence-electron chi connectivity index (χ0n) is 12.2. The molecule has 0 aliphatic rings. The summed E-state index contributed by atoms with van der Waals surface area (Å²) in [7, 11) is 0. The molecular weight excluding hydrogens is 296 g/mol. The van der Waals surface area contributed by atoms with E-state index in [2.05, 4.69) is 11.4 Å². The van der Waals surface area contributed by atoms with E-state index in [0.29, 0.717) is 22.8 Å². The molecule has 0 aromatic heterocycles. The summed E-state index contributed by atoms with van der Waals surface area (Å²) >= 11 is 1.48. The van der Waals surface area contributed by atoms with Crippen molar-refractivity contribution < 1.29 is 9.90 Å². The minimum Gasteiger partial charge on any atom is -0.506 e. The molecule has 2 rings (SSSR count). The molecule has 2 N–H and O–H groups in total. The van der Waals surface area contributed by atoms with Gasteiger partial charge in [0.2, 0.25) is 5.91 Å². The van der Waals surface area contributed by atoms with Crippen LogP contribution in [0, 0.1) is 18.3 Å². The van der Waals surface area contributed by atoms with E-state index in [1.807, 2.05) is 19.1 Å². The van der Waals surface area contributed by atoms with Gasteiger partial charge in [-0.3, -0.25) is 4.79 Å². The number of nitrogens with zero attached hydrogens (tertiary/aromatic N) is 1. The highest BCUT2D eigenvalue weighted by molar-refractivity contribution is 7.99. The Morgan fingerprint density at radius 2 is 2.00 bits per heavy atom. The molecule has 0 saturated heterocycles. The number of anilines is 1. The van der Waals surface area contributed by atoms with E-state index in [9.17, 15) is 9.90 Å². The molecule has 1 amide bonds. The Labute approximate surface area is 133 Å². The van der Waals surface area contributed by atoms with Gasteiger partial charge in [-0.25, -0.2) is 0 Å². The summed E-state index contributed by atoms with van der Waals surface area (Å²) in [5, 5.41) is 21.1. The highest BCUT2D eigenvalue weighted by atomic mass is 32.2. The fraction of sp³-hybridized carbons (Fsp3) is 0.176. The van der Waals surface area contributed by atoms with Gasteiger partial charge in [0, 0.05) is 5.75 Å². The Morgan fingerprint density at radius 3 is 2.68 bits per heavy atom. The van der Waals surface area contributed by atoms with Gasteiger partial charge in [-0.05, 0) is 42.3 Å². The molecule has 22 heavy (non-hydrogen) atoms. The molecule has 0 fully saturated rings. The number of benzene rings is 2. The molecule has 2 aromatic rings. The fourth-order valence-corrected chi connectivity index (χ4v) is 2.66. The smallest absolute Gasteiger partial charge is 0.234 e. The molecule has 0 bridgehead atoms. The van der Waals surface area contributed by atoms with Crippen LogP contribution < -0.4 is 5.32 Å². The summed E-state index contributed by atoms with van der Waals surface area (Å²) in [6.45, 7) is 1.90. The number of phenols is 1. The molecule has 0 saturated carbocycles. The first-order chi connectivity index (χ1) is 10.6. The number of aromatic hydroxyl groups is 1. The lowest BCUT2D eigenvalue weighted by Crippen LogP contribution is -2.14. The number of thioether (sulfide) groups is 1. The van der Waals surface area contributed by atoms with Crippen molar-refractivity contribution in [2.24, 2.45) is 0 Å². The molecule has 0 radical (unpaired) electrons. The summed E-state index contributed by atoms with van der Waals surface area (Å²) in [5.41, 5.74) is 3.10. The zero-order chi connectivity index (χ0) is 15.9. The van der Waals surface area contributed by atoms with Gasteiger partial charge in [0.15, 0.2) is 0 Å². The van der Waals surface area contributed by atoms with Crippen LogP contribution >= 0.6 is 11.8 Å². The van der Waals surface area contributed by atoms with Gasteiger partial charge in [0.05, 0.1) is 23.1 Å². The largest absolute Gasteiger partial charge is 0.506 e. The molecule has 4 nitrogen and oxygen atoms in total. The Bertz CT molecular complexity index is 706. The van der Waals surface area contributed by atoms with E-state index in [1.165, 1.54) is 11.8 Å². The number of nitriles is 1. The zero-order valence-corrected chi connectivity index (χ0v) is 13.0. The fourth-order valence-electron chi connectivity index (χ4n) is 1.87. The highest BCUT2D eigenvalue weighted by Crippen LogP contribution is 2.24. The van der Waals surface area contributed by atoms with Crippen LogP contribution in [-0.4, -0.2) is 16.8 Å². The van der Waals surface area contributed by atoms with Crippen LogP contribution in [0.4, 0.5) is 5.69 Å². The van der Waals surface area contributed by atoms with E-state index in [-0.39, 0.29) is 11.7 Å². The van der Waals surface area contributed by atoms with E-state index in [4.69, 9.17) is 5.26 Å². The van der Waals surface area contributed by atoms with Crippen molar-refractivity contribution in [2.75, 3.05) is 11.1 Å². The Balaban J connectivity index is 1.82. The molecule has 0 unspecified atom stereocenters. The SMILES string of the molecule is Cc1ccc(O)c(NC(=O)CSCc2ccc(C#N)cc2)c1. The number of aryl methyl sites for hydroxylation is 1. The number of hydrogen-bond acceptors (Lipinski definition) is 4. The van der Waals surface area contributed by atoms with E-state index in [1.54, 1.807) is 30.3 Å². The Hall–Kier alpha value is -2.45. The monoisotopic (exact) mass is 312 g/mol. The predicted octanol–water partition coefficient (Wildman–Crippen LogP) is 3.44. The van der Waals surface area contributed by atoms with Crippen molar-refractivity contribution in [3.05, 3.63) is 59.2 Å². The van der Waals surface area contributed by atoms with Gasteiger partial charge in [0.1, 0.15) is 5.75 Å². The predicted molar refractivity (Wildman–Crippen MR) is 88.8 cm³/mol. The van der Waals surface area contributed by atoms with E-state index < -0.39 is 0 Å². The van der Waals surface area contributed by atoms with Crippen molar-refractivity contribution in [3.8, 4) is 11.8 Å². The molecule has 2 aromatic carbocycles. The van der Waals surface area contributed by atoms with Gasteiger partial charge in [-0.1, -0.05) is 18.2 Å². The number of carbonyl (C=O) groups excluding carboxylic acids is 1. The maximum Gasteiger partial charge on any atom is 0.234 e. The lowest BCUT2D eigenvalue weighted by atomic mass is 10.2. The van der Waals surface area contributed by atoms with E-state index in [0.717, 1.165) is 11.1 Å². The standard InChI is InChI=1S/C17H16N2O2S/c1-12-2-7-16(20)15(8-12)19-17(21)11-22-10-14-5-3-13(9-18)4-6-14/h2-8,20H,10-11H2,1H3,(H,19,21). The number of phenolic OH excluding ortho intramolecular Hbond substituents is 1. The van der Waals surface area contributed by atoms with Crippen molar-refractivity contribution in [1.82, 2.24) is 0 Å².